The van der Waals surface area contributed by atoms with Crippen LogP contribution in [-0.2, 0) is 0 Å². The van der Waals surface area contributed by atoms with Gasteiger partial charge in [0.2, 0.25) is 0 Å². The first-order valence-corrected chi connectivity index (χ1v) is 7.98. The Bertz CT molecular complexity index is 265. The molecule has 0 amide bonds. The summed E-state index contributed by atoms with van der Waals surface area (Å²) >= 11 is 0. The van der Waals surface area contributed by atoms with Gasteiger partial charge < -0.3 is 10.9 Å². The molecule has 0 bridgehead atoms. The molecular formula is C15H29FN2O. The summed E-state index contributed by atoms with van der Waals surface area (Å²) in [6.07, 6.45) is 9.14. The minimum Gasteiger partial charge on any atom is -0.330 e. The van der Waals surface area contributed by atoms with E-state index in [1.807, 2.05) is 0 Å². The molecule has 0 aromatic carbocycles. The summed E-state index contributed by atoms with van der Waals surface area (Å²) < 4.78 is 13.9. The van der Waals surface area contributed by atoms with E-state index in [0.29, 0.717) is 18.3 Å². The standard InChI is InChI=1S/C15H29FN2O/c16-14-10-13(6-7-15(14)18-19)12-5-1-3-11(9-12)4-2-8-17/h11-15,18-19H,1-10,17H2. The number of hydrogen-bond acceptors (Lipinski definition) is 3. The Balaban J connectivity index is 1.81. The van der Waals surface area contributed by atoms with Crippen LogP contribution in [0.3, 0.4) is 0 Å². The number of nitrogens with one attached hydrogen (secondary N) is 1. The number of hydroxylamine groups is 1. The summed E-state index contributed by atoms with van der Waals surface area (Å²) in [6, 6.07) is -0.340. The Morgan fingerprint density at radius 2 is 1.89 bits per heavy atom. The maximum atomic E-state index is 13.9. The third-order valence-electron chi connectivity index (χ3n) is 5.29. The summed E-state index contributed by atoms with van der Waals surface area (Å²) in [4.78, 5) is 0. The van der Waals surface area contributed by atoms with Gasteiger partial charge >= 0.3 is 0 Å². The van der Waals surface area contributed by atoms with Crippen molar-refractivity contribution in [1.29, 1.82) is 0 Å². The Hall–Kier alpha value is -0.190. The zero-order valence-corrected chi connectivity index (χ0v) is 11.9. The van der Waals surface area contributed by atoms with Gasteiger partial charge in [0, 0.05) is 0 Å². The van der Waals surface area contributed by atoms with Gasteiger partial charge in [0.05, 0.1) is 6.04 Å². The van der Waals surface area contributed by atoms with Gasteiger partial charge in [0.25, 0.3) is 0 Å². The summed E-state index contributed by atoms with van der Waals surface area (Å²) in [5.74, 6) is 2.05. The molecule has 2 aliphatic carbocycles. The Morgan fingerprint density at radius 1 is 1.11 bits per heavy atom. The molecule has 4 heteroatoms. The molecule has 2 fully saturated rings. The van der Waals surface area contributed by atoms with Crippen LogP contribution in [0.5, 0.6) is 0 Å². The average Bonchev–Trinajstić information content (AvgIpc) is 2.45. The Kier molecular flexibility index (Phi) is 6.05. The highest BCUT2D eigenvalue weighted by molar-refractivity contribution is 4.88. The number of halogens is 1. The molecule has 0 radical (unpaired) electrons. The van der Waals surface area contributed by atoms with Crippen molar-refractivity contribution in [2.45, 2.75) is 70.0 Å². The highest BCUT2D eigenvalue weighted by Gasteiger charge is 2.36. The van der Waals surface area contributed by atoms with Crippen molar-refractivity contribution >= 4 is 0 Å². The van der Waals surface area contributed by atoms with Crippen LogP contribution in [-0.4, -0.2) is 24.0 Å². The van der Waals surface area contributed by atoms with Gasteiger partial charge in [-0.25, -0.2) is 4.39 Å². The van der Waals surface area contributed by atoms with Crippen LogP contribution in [0, 0.1) is 17.8 Å². The maximum absolute atomic E-state index is 13.9. The minimum absolute atomic E-state index is 0.340. The minimum atomic E-state index is -0.881. The number of nitrogens with two attached hydrogens (primary N) is 1. The van der Waals surface area contributed by atoms with Crippen LogP contribution in [0.2, 0.25) is 0 Å². The summed E-state index contributed by atoms with van der Waals surface area (Å²) in [7, 11) is 0. The molecule has 112 valence electrons. The predicted octanol–water partition coefficient (Wildman–Crippen LogP) is 3.02. The van der Waals surface area contributed by atoms with Crippen molar-refractivity contribution in [3.63, 3.8) is 0 Å². The zero-order valence-electron chi connectivity index (χ0n) is 11.9. The second kappa shape index (κ2) is 7.55. The molecule has 3 nitrogen and oxygen atoms in total. The van der Waals surface area contributed by atoms with Crippen LogP contribution < -0.4 is 11.2 Å². The highest BCUT2D eigenvalue weighted by atomic mass is 19.1. The summed E-state index contributed by atoms with van der Waals surface area (Å²) in [6.45, 7) is 0.793. The Labute approximate surface area is 116 Å². The monoisotopic (exact) mass is 272 g/mol. The van der Waals surface area contributed by atoms with Crippen LogP contribution in [0.1, 0.15) is 57.8 Å². The van der Waals surface area contributed by atoms with Crippen LogP contribution >= 0.6 is 0 Å². The molecule has 0 heterocycles. The lowest BCUT2D eigenvalue weighted by atomic mass is 9.68. The lowest BCUT2D eigenvalue weighted by Gasteiger charge is -2.39. The van der Waals surface area contributed by atoms with Crippen molar-refractivity contribution in [2.24, 2.45) is 23.5 Å². The van der Waals surface area contributed by atoms with Crippen molar-refractivity contribution in [3.8, 4) is 0 Å². The molecule has 0 aliphatic heterocycles. The quantitative estimate of drug-likeness (QED) is 0.674. The van der Waals surface area contributed by atoms with Gasteiger partial charge in [-0.05, 0) is 62.8 Å². The second-order valence-electron chi connectivity index (χ2n) is 6.55. The molecule has 5 atom stereocenters. The van der Waals surface area contributed by atoms with Gasteiger partial charge in [0.15, 0.2) is 0 Å². The molecule has 0 aromatic rings. The molecular weight excluding hydrogens is 243 g/mol. The topological polar surface area (TPSA) is 58.3 Å². The van der Waals surface area contributed by atoms with E-state index >= 15 is 0 Å². The number of rotatable bonds is 5. The van der Waals surface area contributed by atoms with E-state index in [-0.39, 0.29) is 6.04 Å². The fraction of sp³-hybridized carbons (Fsp3) is 1.00. The van der Waals surface area contributed by atoms with Gasteiger partial charge in [-0.2, -0.15) is 5.48 Å². The highest BCUT2D eigenvalue weighted by Crippen LogP contribution is 2.42. The maximum Gasteiger partial charge on any atom is 0.118 e. The largest absolute Gasteiger partial charge is 0.330 e. The summed E-state index contributed by atoms with van der Waals surface area (Å²) in [5.41, 5.74) is 7.72. The van der Waals surface area contributed by atoms with E-state index in [4.69, 9.17) is 10.9 Å². The lowest BCUT2D eigenvalue weighted by molar-refractivity contribution is 0.0251. The first-order valence-electron chi connectivity index (χ1n) is 7.98. The van der Waals surface area contributed by atoms with Gasteiger partial charge in [-0.1, -0.05) is 19.3 Å². The van der Waals surface area contributed by atoms with Gasteiger partial charge in [-0.3, -0.25) is 0 Å². The third kappa shape index (κ3) is 4.14. The van der Waals surface area contributed by atoms with E-state index in [2.05, 4.69) is 5.48 Å². The van der Waals surface area contributed by atoms with E-state index in [1.165, 1.54) is 32.1 Å². The van der Waals surface area contributed by atoms with E-state index in [0.717, 1.165) is 31.7 Å². The molecule has 19 heavy (non-hydrogen) atoms. The van der Waals surface area contributed by atoms with Crippen LogP contribution in [0.15, 0.2) is 0 Å². The fourth-order valence-electron chi connectivity index (χ4n) is 4.15. The van der Waals surface area contributed by atoms with Crippen molar-refractivity contribution in [3.05, 3.63) is 0 Å². The normalized spacial score (nSPS) is 40.3. The number of alkyl halides is 1. The first kappa shape index (κ1) is 15.2. The molecule has 0 spiro atoms. The van der Waals surface area contributed by atoms with Gasteiger partial charge in [-0.15, -0.1) is 0 Å². The SMILES string of the molecule is NCCCC1CCCC(C2CCC(NO)C(F)C2)C1. The molecule has 2 aliphatic rings. The zero-order chi connectivity index (χ0) is 13.7. The van der Waals surface area contributed by atoms with Crippen molar-refractivity contribution in [2.75, 3.05) is 6.54 Å². The van der Waals surface area contributed by atoms with E-state index < -0.39 is 6.17 Å². The second-order valence-corrected chi connectivity index (χ2v) is 6.55. The van der Waals surface area contributed by atoms with Crippen molar-refractivity contribution < 1.29 is 9.60 Å². The molecule has 5 unspecified atom stereocenters. The van der Waals surface area contributed by atoms with Crippen LogP contribution in [0.25, 0.3) is 0 Å². The van der Waals surface area contributed by atoms with Crippen molar-refractivity contribution in [1.82, 2.24) is 5.48 Å². The predicted molar refractivity (Wildman–Crippen MR) is 74.7 cm³/mol. The molecule has 0 saturated heterocycles. The molecule has 0 aromatic heterocycles. The fourth-order valence-corrected chi connectivity index (χ4v) is 4.15. The molecule has 4 N–H and O–H groups in total. The smallest absolute Gasteiger partial charge is 0.118 e. The third-order valence-corrected chi connectivity index (χ3v) is 5.29. The lowest BCUT2D eigenvalue weighted by Crippen LogP contribution is -2.42. The van der Waals surface area contributed by atoms with E-state index in [9.17, 15) is 4.39 Å². The van der Waals surface area contributed by atoms with E-state index in [1.54, 1.807) is 0 Å². The summed E-state index contributed by atoms with van der Waals surface area (Å²) in [5, 5.41) is 8.90. The van der Waals surface area contributed by atoms with Gasteiger partial charge in [0.1, 0.15) is 6.17 Å². The first-order chi connectivity index (χ1) is 9.24. The molecule has 2 saturated carbocycles. The number of hydrogen-bond donors (Lipinski definition) is 3. The average molecular weight is 272 g/mol. The Morgan fingerprint density at radius 3 is 2.58 bits per heavy atom. The van der Waals surface area contributed by atoms with Crippen LogP contribution in [0.4, 0.5) is 4.39 Å². The molecule has 2 rings (SSSR count).